The predicted molar refractivity (Wildman–Crippen MR) is 127 cm³/mol. The second kappa shape index (κ2) is 10.9. The topological polar surface area (TPSA) is 41.9 Å². The first-order valence-corrected chi connectivity index (χ1v) is 11.7. The standard InChI is InChI=1S/C26H26N2O2S/c29-25(28-17-16-24(27-28)21-10-4-1-5-11-21)20-31-19-18-30-26(22-12-6-2-7-13-22)23-14-8-3-9-15-23/h1-15,26H,16-20H2. The zero-order chi connectivity index (χ0) is 21.3. The molecule has 0 saturated carbocycles. The van der Waals surface area contributed by atoms with Crippen LogP contribution in [0.15, 0.2) is 96.1 Å². The van der Waals surface area contributed by atoms with E-state index >= 15 is 0 Å². The zero-order valence-corrected chi connectivity index (χ0v) is 18.2. The second-order valence-electron chi connectivity index (χ2n) is 7.30. The molecule has 0 N–H and O–H groups in total. The van der Waals surface area contributed by atoms with E-state index in [9.17, 15) is 4.79 Å². The smallest absolute Gasteiger partial charge is 0.252 e. The highest BCUT2D eigenvalue weighted by Crippen LogP contribution is 2.26. The summed E-state index contributed by atoms with van der Waals surface area (Å²) in [7, 11) is 0. The zero-order valence-electron chi connectivity index (χ0n) is 17.4. The number of hydrogen-bond donors (Lipinski definition) is 0. The van der Waals surface area contributed by atoms with Crippen molar-refractivity contribution in [1.82, 2.24) is 5.01 Å². The molecule has 0 fully saturated rings. The van der Waals surface area contributed by atoms with Gasteiger partial charge in [-0.2, -0.15) is 5.10 Å². The number of benzene rings is 3. The maximum Gasteiger partial charge on any atom is 0.252 e. The summed E-state index contributed by atoms with van der Waals surface area (Å²) >= 11 is 1.59. The lowest BCUT2D eigenvalue weighted by molar-refractivity contribution is -0.127. The molecule has 0 radical (unpaired) electrons. The Hall–Kier alpha value is -2.89. The molecule has 0 unspecified atom stereocenters. The monoisotopic (exact) mass is 430 g/mol. The van der Waals surface area contributed by atoms with Crippen molar-refractivity contribution < 1.29 is 9.53 Å². The number of carbonyl (C=O) groups is 1. The lowest BCUT2D eigenvalue weighted by Crippen LogP contribution is -2.25. The first kappa shape index (κ1) is 21.3. The molecular formula is C26H26N2O2S. The summed E-state index contributed by atoms with van der Waals surface area (Å²) in [5.74, 6) is 1.22. The van der Waals surface area contributed by atoms with Crippen LogP contribution in [0.2, 0.25) is 0 Å². The summed E-state index contributed by atoms with van der Waals surface area (Å²) < 4.78 is 6.22. The van der Waals surface area contributed by atoms with Crippen molar-refractivity contribution in [3.63, 3.8) is 0 Å². The van der Waals surface area contributed by atoms with Crippen molar-refractivity contribution in [3.8, 4) is 0 Å². The number of hydrogen-bond acceptors (Lipinski definition) is 4. The van der Waals surface area contributed by atoms with Crippen LogP contribution in [-0.2, 0) is 9.53 Å². The lowest BCUT2D eigenvalue weighted by atomic mass is 10.0. The van der Waals surface area contributed by atoms with Crippen molar-refractivity contribution in [1.29, 1.82) is 0 Å². The van der Waals surface area contributed by atoms with Gasteiger partial charge in [0.1, 0.15) is 6.10 Å². The molecule has 4 nitrogen and oxygen atoms in total. The summed E-state index contributed by atoms with van der Waals surface area (Å²) in [6.07, 6.45) is 0.703. The van der Waals surface area contributed by atoms with E-state index in [-0.39, 0.29) is 12.0 Å². The van der Waals surface area contributed by atoms with Crippen molar-refractivity contribution in [2.24, 2.45) is 5.10 Å². The minimum Gasteiger partial charge on any atom is -0.368 e. The normalized spacial score (nSPS) is 13.5. The van der Waals surface area contributed by atoms with Crippen molar-refractivity contribution in [3.05, 3.63) is 108 Å². The molecule has 0 aliphatic carbocycles. The number of ether oxygens (including phenoxy) is 1. The Morgan fingerprint density at radius 1 is 0.903 bits per heavy atom. The minimum atomic E-state index is -0.102. The van der Waals surface area contributed by atoms with Crippen LogP contribution in [0.4, 0.5) is 0 Å². The van der Waals surface area contributed by atoms with Gasteiger partial charge in [-0.05, 0) is 16.7 Å². The lowest BCUT2D eigenvalue weighted by Gasteiger charge is -2.19. The summed E-state index contributed by atoms with van der Waals surface area (Å²) in [5, 5.41) is 6.12. The van der Waals surface area contributed by atoms with Gasteiger partial charge < -0.3 is 4.74 Å². The predicted octanol–water partition coefficient (Wildman–Crippen LogP) is 5.16. The van der Waals surface area contributed by atoms with Gasteiger partial charge in [-0.1, -0.05) is 91.0 Å². The van der Waals surface area contributed by atoms with Crippen molar-refractivity contribution in [2.75, 3.05) is 24.7 Å². The van der Waals surface area contributed by atoms with Crippen LogP contribution >= 0.6 is 11.8 Å². The molecule has 158 valence electrons. The number of hydrazone groups is 1. The second-order valence-corrected chi connectivity index (χ2v) is 8.41. The molecule has 0 saturated heterocycles. The minimum absolute atomic E-state index is 0.0543. The maximum atomic E-state index is 12.5. The molecule has 0 spiro atoms. The van der Waals surface area contributed by atoms with E-state index in [2.05, 4.69) is 29.4 Å². The first-order valence-electron chi connectivity index (χ1n) is 10.5. The quantitative estimate of drug-likeness (QED) is 0.440. The highest BCUT2D eigenvalue weighted by atomic mass is 32.2. The van der Waals surface area contributed by atoms with Gasteiger partial charge in [0.05, 0.1) is 24.6 Å². The SMILES string of the molecule is O=C(CSCCOC(c1ccccc1)c1ccccc1)N1CCC(c2ccccc2)=N1. The Labute approximate surface area is 187 Å². The molecule has 4 rings (SSSR count). The largest absolute Gasteiger partial charge is 0.368 e. The van der Waals surface area contributed by atoms with Crippen LogP contribution < -0.4 is 0 Å². The number of thioether (sulfide) groups is 1. The van der Waals surface area contributed by atoms with E-state index in [0.29, 0.717) is 18.9 Å². The van der Waals surface area contributed by atoms with Crippen LogP contribution in [0.1, 0.15) is 29.2 Å². The highest BCUT2D eigenvalue weighted by Gasteiger charge is 2.21. The Morgan fingerprint density at radius 3 is 2.10 bits per heavy atom. The summed E-state index contributed by atoms with van der Waals surface area (Å²) in [5.41, 5.74) is 4.34. The van der Waals surface area contributed by atoms with Crippen molar-refractivity contribution in [2.45, 2.75) is 12.5 Å². The van der Waals surface area contributed by atoms with E-state index in [4.69, 9.17) is 4.74 Å². The van der Waals surface area contributed by atoms with Crippen LogP contribution in [0, 0.1) is 0 Å². The van der Waals surface area contributed by atoms with E-state index in [1.807, 2.05) is 66.7 Å². The molecule has 1 amide bonds. The van der Waals surface area contributed by atoms with Gasteiger partial charge in [0.15, 0.2) is 0 Å². The summed E-state index contributed by atoms with van der Waals surface area (Å²) in [6, 6.07) is 30.5. The van der Waals surface area contributed by atoms with Gasteiger partial charge >= 0.3 is 0 Å². The molecule has 5 heteroatoms. The van der Waals surface area contributed by atoms with Gasteiger partial charge in [-0.25, -0.2) is 5.01 Å². The van der Waals surface area contributed by atoms with Crippen LogP contribution in [-0.4, -0.2) is 41.3 Å². The third-order valence-corrected chi connectivity index (χ3v) is 6.05. The summed E-state index contributed by atoms with van der Waals surface area (Å²) in [4.78, 5) is 12.5. The van der Waals surface area contributed by atoms with Crippen LogP contribution in [0.25, 0.3) is 0 Å². The van der Waals surface area contributed by atoms with Crippen molar-refractivity contribution >= 4 is 23.4 Å². The fourth-order valence-corrected chi connectivity index (χ4v) is 4.25. The van der Waals surface area contributed by atoms with Crippen LogP contribution in [0.3, 0.4) is 0 Å². The Kier molecular flexibility index (Phi) is 7.53. The number of amides is 1. The van der Waals surface area contributed by atoms with E-state index in [0.717, 1.165) is 34.6 Å². The molecule has 1 aliphatic heterocycles. The molecule has 0 bridgehead atoms. The molecular weight excluding hydrogens is 404 g/mol. The Morgan fingerprint density at radius 2 is 1.48 bits per heavy atom. The third kappa shape index (κ3) is 5.84. The first-order chi connectivity index (χ1) is 15.3. The molecule has 0 atom stereocenters. The summed E-state index contributed by atoms with van der Waals surface area (Å²) in [6.45, 7) is 1.23. The van der Waals surface area contributed by atoms with Gasteiger partial charge in [0.25, 0.3) is 5.91 Å². The fraction of sp³-hybridized carbons (Fsp3) is 0.231. The van der Waals surface area contributed by atoms with Gasteiger partial charge in [-0.15, -0.1) is 11.8 Å². The number of carbonyl (C=O) groups excluding carboxylic acids is 1. The Bertz CT molecular complexity index is 954. The maximum absolute atomic E-state index is 12.5. The molecule has 31 heavy (non-hydrogen) atoms. The molecule has 1 heterocycles. The number of rotatable bonds is 9. The Balaban J connectivity index is 1.25. The van der Waals surface area contributed by atoms with Gasteiger partial charge in [-0.3, -0.25) is 4.79 Å². The van der Waals surface area contributed by atoms with Crippen LogP contribution in [0.5, 0.6) is 0 Å². The average Bonchev–Trinajstić information content (AvgIpc) is 3.33. The van der Waals surface area contributed by atoms with E-state index in [1.54, 1.807) is 16.8 Å². The van der Waals surface area contributed by atoms with E-state index in [1.165, 1.54) is 0 Å². The molecule has 0 aromatic heterocycles. The average molecular weight is 431 g/mol. The highest BCUT2D eigenvalue weighted by molar-refractivity contribution is 7.99. The number of nitrogens with zero attached hydrogens (tertiary/aromatic N) is 2. The molecule has 3 aromatic rings. The molecule has 3 aromatic carbocycles. The fourth-order valence-electron chi connectivity index (χ4n) is 3.57. The molecule has 1 aliphatic rings. The van der Waals surface area contributed by atoms with Gasteiger partial charge in [0, 0.05) is 12.2 Å². The van der Waals surface area contributed by atoms with Gasteiger partial charge in [0.2, 0.25) is 0 Å². The third-order valence-electron chi connectivity index (χ3n) is 5.14. The van der Waals surface area contributed by atoms with E-state index < -0.39 is 0 Å².